The third-order valence-electron chi connectivity index (χ3n) is 12.4. The maximum atomic E-state index is 12.2. The van der Waals surface area contributed by atoms with E-state index in [0.29, 0.717) is 48.2 Å². The highest BCUT2D eigenvalue weighted by molar-refractivity contribution is 6.00. The highest BCUT2D eigenvalue weighted by Gasteiger charge is 2.31. The Hall–Kier alpha value is -5.94. The van der Waals surface area contributed by atoms with Crippen molar-refractivity contribution in [2.24, 2.45) is 0 Å². The maximum Gasteiger partial charge on any atom is 0.337 e. The largest absolute Gasteiger partial charge is 0.508 e. The molecular weight excluding hydrogens is 749 g/mol. The van der Waals surface area contributed by atoms with Crippen molar-refractivity contribution in [1.29, 1.82) is 0 Å². The molecule has 2 aliphatic carbocycles. The fourth-order valence-electron chi connectivity index (χ4n) is 9.79. The van der Waals surface area contributed by atoms with Gasteiger partial charge in [-0.3, -0.25) is 0 Å². The molecule has 308 valence electrons. The predicted octanol–water partition coefficient (Wildman–Crippen LogP) is 9.79. The van der Waals surface area contributed by atoms with Gasteiger partial charge >= 0.3 is 11.9 Å². The molecule has 59 heavy (non-hydrogen) atoms. The van der Waals surface area contributed by atoms with Crippen LogP contribution in [0.5, 0.6) is 23.0 Å². The van der Waals surface area contributed by atoms with Crippen molar-refractivity contribution < 1.29 is 44.2 Å². The number of aromatic hydroxyl groups is 3. The summed E-state index contributed by atoms with van der Waals surface area (Å²) in [4.78, 5) is 24.3. The van der Waals surface area contributed by atoms with Crippen LogP contribution in [0.1, 0.15) is 108 Å². The lowest BCUT2D eigenvalue weighted by Gasteiger charge is -2.24. The fourth-order valence-corrected chi connectivity index (χ4v) is 9.79. The molecule has 4 aromatic carbocycles. The van der Waals surface area contributed by atoms with Crippen molar-refractivity contribution in [2.45, 2.75) is 89.1 Å². The minimum absolute atomic E-state index is 0.00624. The monoisotopic (exact) mass is 800 g/mol. The summed E-state index contributed by atoms with van der Waals surface area (Å²) in [5.74, 6) is 0.992. The maximum absolute atomic E-state index is 12.2. The van der Waals surface area contributed by atoms with Gasteiger partial charge < -0.3 is 43.8 Å². The minimum Gasteiger partial charge on any atom is -0.508 e. The van der Waals surface area contributed by atoms with E-state index in [2.05, 4.69) is 10.6 Å². The van der Waals surface area contributed by atoms with Crippen LogP contribution in [-0.4, -0.2) is 68.9 Å². The summed E-state index contributed by atoms with van der Waals surface area (Å²) in [6.07, 6.45) is 11.8. The lowest BCUT2D eigenvalue weighted by molar-refractivity contribution is 0.0592. The number of rotatable bonds is 7. The van der Waals surface area contributed by atoms with Gasteiger partial charge in [0.15, 0.2) is 0 Å². The fraction of sp³-hybridized carbons (Fsp3) is 0.375. The van der Waals surface area contributed by atoms with Gasteiger partial charge in [0.25, 0.3) is 0 Å². The molecule has 11 nitrogen and oxygen atoms in total. The number of aliphatic hydroxyl groups is 1. The van der Waals surface area contributed by atoms with Crippen LogP contribution in [0, 0.1) is 0 Å². The van der Waals surface area contributed by atoms with E-state index >= 15 is 0 Å². The summed E-state index contributed by atoms with van der Waals surface area (Å²) in [6.45, 7) is 1.45. The lowest BCUT2D eigenvalue weighted by Crippen LogP contribution is -2.08. The van der Waals surface area contributed by atoms with Gasteiger partial charge in [-0.25, -0.2) is 9.59 Å². The number of benzene rings is 4. The molecular formula is C48H52N2O9. The van der Waals surface area contributed by atoms with Crippen LogP contribution in [-0.2, 0) is 22.6 Å². The van der Waals surface area contributed by atoms with Crippen molar-refractivity contribution in [3.8, 4) is 45.5 Å². The molecule has 2 saturated carbocycles. The first-order valence-electron chi connectivity index (χ1n) is 20.8. The van der Waals surface area contributed by atoms with E-state index in [0.717, 1.165) is 64.7 Å². The van der Waals surface area contributed by atoms with Gasteiger partial charge in [-0.1, -0.05) is 50.7 Å². The Morgan fingerprint density at radius 1 is 0.661 bits per heavy atom. The summed E-state index contributed by atoms with van der Waals surface area (Å²) >= 11 is 0. The van der Waals surface area contributed by atoms with E-state index in [1.54, 1.807) is 36.4 Å². The molecule has 3 heterocycles. The van der Waals surface area contributed by atoms with Crippen molar-refractivity contribution in [3.05, 3.63) is 95.1 Å². The Morgan fingerprint density at radius 2 is 1.20 bits per heavy atom. The molecule has 0 saturated heterocycles. The molecule has 0 atom stereocenters. The first kappa shape index (κ1) is 39.9. The topological polar surface area (TPSA) is 153 Å². The van der Waals surface area contributed by atoms with Crippen LogP contribution >= 0.6 is 0 Å². The number of aliphatic hydroxyl groups excluding tert-OH is 1. The average molecular weight is 801 g/mol. The van der Waals surface area contributed by atoms with Crippen LogP contribution in [0.25, 0.3) is 44.3 Å². The molecule has 6 aromatic rings. The van der Waals surface area contributed by atoms with Crippen molar-refractivity contribution in [1.82, 2.24) is 9.13 Å². The van der Waals surface area contributed by atoms with Crippen molar-refractivity contribution in [2.75, 3.05) is 27.4 Å². The third kappa shape index (κ3) is 7.60. The van der Waals surface area contributed by atoms with E-state index in [4.69, 9.17) is 14.2 Å². The normalized spacial score (nSPS) is 15.7. The van der Waals surface area contributed by atoms with Crippen LogP contribution in [0.15, 0.2) is 72.8 Å². The summed E-state index contributed by atoms with van der Waals surface area (Å²) < 4.78 is 20.1. The summed E-state index contributed by atoms with van der Waals surface area (Å²) in [5, 5.41) is 42.4. The molecule has 11 heteroatoms. The Kier molecular flexibility index (Phi) is 11.6. The number of hydrogen-bond donors (Lipinski definition) is 4. The summed E-state index contributed by atoms with van der Waals surface area (Å²) in [6, 6.07) is 21.4. The number of aromatic nitrogens is 2. The number of phenolic OH excluding ortho intramolecular Hbond substituents is 3. The van der Waals surface area contributed by atoms with E-state index in [-0.39, 0.29) is 29.8 Å². The zero-order valence-electron chi connectivity index (χ0n) is 33.7. The number of carbonyl (C=O) groups excluding carboxylic acids is 2. The Labute approximate surface area is 343 Å². The lowest BCUT2D eigenvalue weighted by atomic mass is 9.81. The first-order valence-corrected chi connectivity index (χ1v) is 20.8. The number of phenols is 3. The molecule has 2 aromatic heterocycles. The second-order valence-corrected chi connectivity index (χ2v) is 15.9. The molecule has 1 aliphatic heterocycles. The van der Waals surface area contributed by atoms with E-state index in [9.17, 15) is 30.0 Å². The number of esters is 2. The molecule has 3 aliphatic rings. The van der Waals surface area contributed by atoms with Gasteiger partial charge in [0.2, 0.25) is 0 Å². The molecule has 4 N–H and O–H groups in total. The number of nitrogens with zero attached hydrogens (tertiary/aromatic N) is 2. The Morgan fingerprint density at radius 3 is 1.78 bits per heavy atom. The Bertz CT molecular complexity index is 2520. The zero-order chi connectivity index (χ0) is 41.2. The van der Waals surface area contributed by atoms with Gasteiger partial charge in [-0.15, -0.1) is 0 Å². The van der Waals surface area contributed by atoms with Gasteiger partial charge in [0.1, 0.15) is 29.6 Å². The predicted molar refractivity (Wildman–Crippen MR) is 227 cm³/mol. The standard InChI is InChI=1S/C24H27NO5.C24H25NO4/c1-30-24(29)16-7-9-18-20(13-16)25(11-12-26)23(19-10-8-17(27)14-21(19)28)22(18)15-5-3-2-4-6-15;1-28-24(27)16-7-9-18-20(13-16)25-11-12-29-21-14-17(26)8-10-19(21)23(25)22(18)15-5-3-2-4-6-15/h7-10,13-15,26-28H,2-6,11-12H2,1H3;7-10,13-15,26H,2-6,11-12H2,1H3. The average Bonchev–Trinajstić information content (AvgIpc) is 3.68. The van der Waals surface area contributed by atoms with Crippen LogP contribution in [0.2, 0.25) is 0 Å². The van der Waals surface area contributed by atoms with E-state index < -0.39 is 5.97 Å². The molecule has 2 fully saturated rings. The van der Waals surface area contributed by atoms with Crippen LogP contribution in [0.4, 0.5) is 0 Å². The minimum atomic E-state index is -0.415. The number of fused-ring (bicyclic) bond motifs is 6. The number of carbonyl (C=O) groups is 2. The molecule has 0 spiro atoms. The van der Waals surface area contributed by atoms with Gasteiger partial charge in [-0.05, 0) is 97.2 Å². The quantitative estimate of drug-likeness (QED) is 0.116. The van der Waals surface area contributed by atoms with Gasteiger partial charge in [-0.2, -0.15) is 0 Å². The highest BCUT2D eigenvalue weighted by Crippen LogP contribution is 2.49. The van der Waals surface area contributed by atoms with Crippen LogP contribution in [0.3, 0.4) is 0 Å². The summed E-state index contributed by atoms with van der Waals surface area (Å²) in [5.41, 5.74) is 9.00. The molecule has 0 unspecified atom stereocenters. The smallest absolute Gasteiger partial charge is 0.337 e. The van der Waals surface area contributed by atoms with Gasteiger partial charge in [0, 0.05) is 51.6 Å². The van der Waals surface area contributed by atoms with Crippen LogP contribution < -0.4 is 4.74 Å². The van der Waals surface area contributed by atoms with Crippen molar-refractivity contribution >= 4 is 33.7 Å². The van der Waals surface area contributed by atoms with E-state index in [1.807, 2.05) is 28.8 Å². The van der Waals surface area contributed by atoms with Gasteiger partial charge in [0.05, 0.1) is 49.9 Å². The molecule has 0 amide bonds. The third-order valence-corrected chi connectivity index (χ3v) is 12.4. The first-order chi connectivity index (χ1) is 28.7. The molecule has 9 rings (SSSR count). The second kappa shape index (κ2) is 17.1. The number of hydrogen-bond acceptors (Lipinski definition) is 9. The highest BCUT2D eigenvalue weighted by atomic mass is 16.5. The summed E-state index contributed by atoms with van der Waals surface area (Å²) in [7, 11) is 2.77. The molecule has 0 bridgehead atoms. The second-order valence-electron chi connectivity index (χ2n) is 15.9. The SMILES string of the molecule is COC(=O)c1ccc2c(C3CCCCC3)c(-c3ccc(O)cc3O)n(CCO)c2c1.COC(=O)c1ccc2c(C3CCCCC3)c3n(c2c1)CCOc1cc(O)ccc1-3. The van der Waals surface area contributed by atoms with E-state index in [1.165, 1.54) is 75.5 Å². The number of methoxy groups -OCH3 is 2. The number of ether oxygens (including phenoxy) is 3. The Balaban J connectivity index is 0.000000164. The zero-order valence-corrected chi connectivity index (χ0v) is 33.7. The van der Waals surface area contributed by atoms with Crippen molar-refractivity contribution in [3.63, 3.8) is 0 Å². The molecule has 0 radical (unpaired) electrons.